The molecule has 23 heavy (non-hydrogen) atoms. The number of carbonyl (C=O) groups excluding carboxylic acids is 1. The minimum Gasteiger partial charge on any atom is -0.446 e. The van der Waals surface area contributed by atoms with Gasteiger partial charge in [-0.15, -0.1) is 0 Å². The Morgan fingerprint density at radius 3 is 2.70 bits per heavy atom. The summed E-state index contributed by atoms with van der Waals surface area (Å²) in [5.74, 6) is 0.0831. The number of amides is 1. The summed E-state index contributed by atoms with van der Waals surface area (Å²) >= 11 is 0. The van der Waals surface area contributed by atoms with E-state index in [-0.39, 0.29) is 25.7 Å². The minimum absolute atomic E-state index is 0.0598. The standard InChI is InChI=1S/C14H17N2O6P/c1-3-20-23(18,21-4-2)22-13-12-9-19-14(17)16(12)11-8-6-5-7-10(11)15-13/h5-8,12H,3-4,9H2,1-2H3. The van der Waals surface area contributed by atoms with E-state index in [0.717, 1.165) is 0 Å². The van der Waals surface area contributed by atoms with E-state index in [1.165, 1.54) is 4.90 Å². The van der Waals surface area contributed by atoms with Crippen LogP contribution in [0.4, 0.5) is 16.2 Å². The van der Waals surface area contributed by atoms with E-state index in [0.29, 0.717) is 11.4 Å². The van der Waals surface area contributed by atoms with E-state index in [1.54, 1.807) is 38.1 Å². The number of phosphoric ester groups is 1. The lowest BCUT2D eigenvalue weighted by Crippen LogP contribution is -2.42. The van der Waals surface area contributed by atoms with E-state index in [9.17, 15) is 9.36 Å². The van der Waals surface area contributed by atoms with Crippen LogP contribution in [0.3, 0.4) is 0 Å². The Labute approximate surface area is 133 Å². The summed E-state index contributed by atoms with van der Waals surface area (Å²) in [6, 6.07) is 6.49. The zero-order chi connectivity index (χ0) is 16.4. The van der Waals surface area contributed by atoms with Gasteiger partial charge in [0.15, 0.2) is 6.04 Å². The van der Waals surface area contributed by atoms with Crippen molar-refractivity contribution in [2.45, 2.75) is 19.9 Å². The molecule has 1 fully saturated rings. The van der Waals surface area contributed by atoms with E-state index < -0.39 is 20.0 Å². The zero-order valence-electron chi connectivity index (χ0n) is 12.8. The molecule has 1 amide bonds. The fraction of sp³-hybridized carbons (Fsp3) is 0.429. The number of benzene rings is 1. The first-order valence-electron chi connectivity index (χ1n) is 7.30. The number of cyclic esters (lactones) is 1. The maximum Gasteiger partial charge on any atom is 0.531 e. The molecule has 2 aliphatic rings. The van der Waals surface area contributed by atoms with Crippen molar-refractivity contribution in [3.05, 3.63) is 24.3 Å². The summed E-state index contributed by atoms with van der Waals surface area (Å²) in [4.78, 5) is 17.8. The van der Waals surface area contributed by atoms with Gasteiger partial charge in [0.1, 0.15) is 6.61 Å². The molecule has 1 unspecified atom stereocenters. The molecule has 0 spiro atoms. The highest BCUT2D eigenvalue weighted by Crippen LogP contribution is 2.51. The van der Waals surface area contributed by atoms with Crippen molar-refractivity contribution in [1.29, 1.82) is 0 Å². The molecule has 1 aromatic rings. The molecule has 9 heteroatoms. The number of carbonyl (C=O) groups is 1. The lowest BCUT2D eigenvalue weighted by Gasteiger charge is -2.29. The quantitative estimate of drug-likeness (QED) is 0.765. The highest BCUT2D eigenvalue weighted by Gasteiger charge is 2.45. The number of hydrogen-bond donors (Lipinski definition) is 0. The Hall–Kier alpha value is -1.89. The molecule has 2 heterocycles. The first-order chi connectivity index (χ1) is 11.1. The third kappa shape index (κ3) is 2.97. The summed E-state index contributed by atoms with van der Waals surface area (Å²) < 4.78 is 33.4. The van der Waals surface area contributed by atoms with Gasteiger partial charge in [-0.1, -0.05) is 12.1 Å². The van der Waals surface area contributed by atoms with Crippen molar-refractivity contribution in [2.75, 3.05) is 24.7 Å². The Kier molecular flexibility index (Phi) is 4.39. The van der Waals surface area contributed by atoms with Crippen molar-refractivity contribution in [1.82, 2.24) is 0 Å². The zero-order valence-corrected chi connectivity index (χ0v) is 13.7. The van der Waals surface area contributed by atoms with Gasteiger partial charge in [0.25, 0.3) is 0 Å². The van der Waals surface area contributed by atoms with Crippen molar-refractivity contribution in [3.63, 3.8) is 0 Å². The summed E-state index contributed by atoms with van der Waals surface area (Å²) in [6.07, 6.45) is -0.499. The minimum atomic E-state index is -3.79. The van der Waals surface area contributed by atoms with Gasteiger partial charge in [-0.25, -0.2) is 14.4 Å². The number of anilines is 1. The van der Waals surface area contributed by atoms with Gasteiger partial charge in [0.05, 0.1) is 24.6 Å². The third-order valence-corrected chi connectivity index (χ3v) is 4.87. The van der Waals surface area contributed by atoms with Crippen LogP contribution >= 0.6 is 7.82 Å². The summed E-state index contributed by atoms with van der Waals surface area (Å²) in [6.45, 7) is 3.74. The maximum absolute atomic E-state index is 12.6. The highest BCUT2D eigenvalue weighted by atomic mass is 31.2. The Bertz CT molecular complexity index is 682. The van der Waals surface area contributed by atoms with E-state index >= 15 is 0 Å². The molecular formula is C14H17N2O6P. The molecule has 1 aromatic carbocycles. The topological polar surface area (TPSA) is 86.7 Å². The van der Waals surface area contributed by atoms with Gasteiger partial charge in [-0.2, -0.15) is 0 Å². The van der Waals surface area contributed by atoms with Gasteiger partial charge < -0.3 is 9.26 Å². The number of aliphatic imine (C=N–C) groups is 1. The summed E-state index contributed by atoms with van der Waals surface area (Å²) in [5, 5.41) is 0. The van der Waals surface area contributed by atoms with Crippen molar-refractivity contribution < 1.29 is 27.7 Å². The molecule has 1 atom stereocenters. The van der Waals surface area contributed by atoms with Crippen LogP contribution in [0.25, 0.3) is 0 Å². The molecular weight excluding hydrogens is 323 g/mol. The number of para-hydroxylation sites is 2. The van der Waals surface area contributed by atoms with Gasteiger partial charge >= 0.3 is 13.9 Å². The van der Waals surface area contributed by atoms with Gasteiger partial charge in [0, 0.05) is 0 Å². The van der Waals surface area contributed by atoms with Crippen molar-refractivity contribution >= 4 is 31.2 Å². The molecule has 0 bridgehead atoms. The summed E-state index contributed by atoms with van der Waals surface area (Å²) in [5.41, 5.74) is 1.15. The lowest BCUT2D eigenvalue weighted by atomic mass is 10.1. The monoisotopic (exact) mass is 340 g/mol. The molecule has 0 radical (unpaired) electrons. The smallest absolute Gasteiger partial charge is 0.446 e. The Morgan fingerprint density at radius 2 is 2.00 bits per heavy atom. The van der Waals surface area contributed by atoms with Crippen molar-refractivity contribution in [3.8, 4) is 0 Å². The van der Waals surface area contributed by atoms with Crippen molar-refractivity contribution in [2.24, 2.45) is 4.99 Å². The average molecular weight is 340 g/mol. The van der Waals surface area contributed by atoms with Crippen LogP contribution in [-0.4, -0.2) is 37.9 Å². The normalized spacial score (nSPS) is 19.7. The Balaban J connectivity index is 1.97. The predicted octanol–water partition coefficient (Wildman–Crippen LogP) is 3.25. The second kappa shape index (κ2) is 6.31. The van der Waals surface area contributed by atoms with E-state index in [2.05, 4.69) is 4.99 Å². The van der Waals surface area contributed by atoms with Crippen LogP contribution in [0, 0.1) is 0 Å². The van der Waals surface area contributed by atoms with Gasteiger partial charge in [0.2, 0.25) is 5.90 Å². The van der Waals surface area contributed by atoms with Crippen LogP contribution in [-0.2, 0) is 22.9 Å². The fourth-order valence-corrected chi connectivity index (χ4v) is 3.63. The highest BCUT2D eigenvalue weighted by molar-refractivity contribution is 7.49. The molecule has 0 aromatic heterocycles. The first-order valence-corrected chi connectivity index (χ1v) is 8.76. The van der Waals surface area contributed by atoms with Gasteiger partial charge in [-0.3, -0.25) is 13.9 Å². The van der Waals surface area contributed by atoms with Crippen LogP contribution in [0.15, 0.2) is 29.3 Å². The molecule has 0 N–H and O–H groups in total. The van der Waals surface area contributed by atoms with Crippen LogP contribution in [0.5, 0.6) is 0 Å². The average Bonchev–Trinajstić information content (AvgIpc) is 2.90. The second-order valence-corrected chi connectivity index (χ2v) is 6.37. The maximum atomic E-state index is 12.6. The first kappa shape index (κ1) is 16.0. The predicted molar refractivity (Wildman–Crippen MR) is 83.1 cm³/mol. The molecule has 0 aliphatic carbocycles. The largest absolute Gasteiger partial charge is 0.531 e. The second-order valence-electron chi connectivity index (χ2n) is 4.78. The number of rotatable bonds is 5. The van der Waals surface area contributed by atoms with Crippen LogP contribution < -0.4 is 4.90 Å². The molecule has 8 nitrogen and oxygen atoms in total. The number of ether oxygens (including phenoxy) is 1. The molecule has 0 saturated carbocycles. The fourth-order valence-electron chi connectivity index (χ4n) is 2.43. The number of phosphoric acid groups is 1. The molecule has 2 aliphatic heterocycles. The molecule has 3 rings (SSSR count). The van der Waals surface area contributed by atoms with E-state index in [4.69, 9.17) is 18.3 Å². The van der Waals surface area contributed by atoms with Crippen LogP contribution in [0.2, 0.25) is 0 Å². The molecule has 1 saturated heterocycles. The van der Waals surface area contributed by atoms with E-state index in [1.807, 2.05) is 0 Å². The lowest BCUT2D eigenvalue weighted by molar-refractivity contribution is 0.161. The van der Waals surface area contributed by atoms with Crippen LogP contribution in [0.1, 0.15) is 13.8 Å². The van der Waals surface area contributed by atoms with Gasteiger partial charge in [-0.05, 0) is 26.0 Å². The number of fused-ring (bicyclic) bond motifs is 3. The number of hydrogen-bond acceptors (Lipinski definition) is 7. The Morgan fingerprint density at radius 1 is 1.30 bits per heavy atom. The molecule has 124 valence electrons. The number of nitrogens with zero attached hydrogens (tertiary/aromatic N) is 2. The summed E-state index contributed by atoms with van der Waals surface area (Å²) in [7, 11) is -3.79. The SMILES string of the molecule is CCOP(=O)(OCC)OC1=Nc2ccccc2N2C(=O)OCC12. The third-order valence-electron chi connectivity index (χ3n) is 3.31.